The first-order chi connectivity index (χ1) is 15.6. The molecule has 1 aliphatic rings. The minimum Gasteiger partial charge on any atom is -0.489 e. The highest BCUT2D eigenvalue weighted by atomic mass is 32.2. The van der Waals surface area contributed by atoms with Gasteiger partial charge in [-0.05, 0) is 37.1 Å². The average Bonchev–Trinajstić information content (AvgIpc) is 3.16. The highest BCUT2D eigenvalue weighted by Crippen LogP contribution is 2.43. The van der Waals surface area contributed by atoms with Crippen molar-refractivity contribution in [3.8, 4) is 5.75 Å². The van der Waals surface area contributed by atoms with Crippen molar-refractivity contribution < 1.29 is 26.3 Å². The number of nitrogens with one attached hydrogen (secondary N) is 1. The topological polar surface area (TPSA) is 99.0 Å². The summed E-state index contributed by atoms with van der Waals surface area (Å²) >= 11 is 0. The number of aromatic nitrogens is 4. The molecule has 33 heavy (non-hydrogen) atoms. The summed E-state index contributed by atoms with van der Waals surface area (Å²) in [4.78, 5) is 6.85. The molecule has 12 heteroatoms. The van der Waals surface area contributed by atoms with E-state index in [0.717, 1.165) is 24.2 Å². The van der Waals surface area contributed by atoms with Gasteiger partial charge in [-0.3, -0.25) is 9.40 Å². The number of hydrogen-bond acceptors (Lipinski definition) is 6. The second-order valence-electron chi connectivity index (χ2n) is 7.99. The van der Waals surface area contributed by atoms with Crippen LogP contribution in [0.5, 0.6) is 5.75 Å². The third-order valence-electron chi connectivity index (χ3n) is 5.63. The molecule has 0 unspecified atom stereocenters. The van der Waals surface area contributed by atoms with Crippen LogP contribution in [0, 0.1) is 12.7 Å². The van der Waals surface area contributed by atoms with Crippen molar-refractivity contribution in [2.24, 2.45) is 7.05 Å². The number of halogens is 3. The van der Waals surface area contributed by atoms with Crippen molar-refractivity contribution in [2.75, 3.05) is 4.72 Å². The van der Waals surface area contributed by atoms with Gasteiger partial charge in [-0.15, -0.1) is 0 Å². The van der Waals surface area contributed by atoms with Crippen LogP contribution in [0.2, 0.25) is 0 Å². The Morgan fingerprint density at radius 1 is 1.24 bits per heavy atom. The van der Waals surface area contributed by atoms with E-state index in [1.165, 1.54) is 19.2 Å². The molecule has 0 aliphatic heterocycles. The highest BCUT2D eigenvalue weighted by Gasteiger charge is 2.44. The highest BCUT2D eigenvalue weighted by molar-refractivity contribution is 7.92. The van der Waals surface area contributed by atoms with Crippen LogP contribution in [0.25, 0.3) is 0 Å². The number of benzene rings is 1. The molecule has 1 fully saturated rings. The molecule has 8 nitrogen and oxygen atoms in total. The predicted molar refractivity (Wildman–Crippen MR) is 113 cm³/mol. The summed E-state index contributed by atoms with van der Waals surface area (Å²) in [7, 11) is -2.57. The van der Waals surface area contributed by atoms with Gasteiger partial charge in [0.05, 0.1) is 0 Å². The summed E-state index contributed by atoms with van der Waals surface area (Å²) in [5.41, 5.74) is 1.03. The van der Waals surface area contributed by atoms with Gasteiger partial charge in [0.2, 0.25) is 0 Å². The number of ether oxygens (including phenoxy) is 1. The Labute approximate surface area is 188 Å². The summed E-state index contributed by atoms with van der Waals surface area (Å²) in [6, 6.07) is 5.08. The van der Waals surface area contributed by atoms with Crippen molar-refractivity contribution in [3.05, 3.63) is 60.1 Å². The van der Waals surface area contributed by atoms with E-state index in [9.17, 15) is 21.6 Å². The van der Waals surface area contributed by atoms with E-state index in [2.05, 4.69) is 19.8 Å². The number of nitrogens with zero attached hydrogens (tertiary/aromatic N) is 4. The Morgan fingerprint density at radius 3 is 2.70 bits per heavy atom. The summed E-state index contributed by atoms with van der Waals surface area (Å²) in [6.07, 6.45) is 2.46. The number of aryl methyl sites for hydroxylation is 2. The molecule has 1 saturated carbocycles. The molecule has 3 aromatic rings. The van der Waals surface area contributed by atoms with Crippen LogP contribution >= 0.6 is 0 Å². The molecule has 1 aromatic carbocycles. The van der Waals surface area contributed by atoms with Gasteiger partial charge in [0.15, 0.2) is 0 Å². The maximum atomic E-state index is 14.9. The van der Waals surface area contributed by atoms with Gasteiger partial charge >= 0.3 is 0 Å². The molecular weight excluding hydrogens is 459 g/mol. The maximum Gasteiger partial charge on any atom is 0.265 e. The Bertz CT molecular complexity index is 1250. The van der Waals surface area contributed by atoms with Gasteiger partial charge in [0, 0.05) is 50.0 Å². The maximum absolute atomic E-state index is 14.9. The molecule has 0 bridgehead atoms. The summed E-state index contributed by atoms with van der Waals surface area (Å²) in [6.45, 7) is 1.53. The van der Waals surface area contributed by atoms with Gasteiger partial charge in [-0.25, -0.2) is 31.6 Å². The minimum atomic E-state index is -4.29. The first-order valence-corrected chi connectivity index (χ1v) is 11.7. The zero-order valence-corrected chi connectivity index (χ0v) is 18.7. The van der Waals surface area contributed by atoms with E-state index in [1.54, 1.807) is 24.0 Å². The van der Waals surface area contributed by atoms with Crippen LogP contribution in [0.4, 0.5) is 19.0 Å². The van der Waals surface area contributed by atoms with Crippen LogP contribution in [0.15, 0.2) is 47.9 Å². The molecule has 1 N–H and O–H groups in total. The van der Waals surface area contributed by atoms with Gasteiger partial charge in [0.25, 0.3) is 15.9 Å². The van der Waals surface area contributed by atoms with Crippen LogP contribution in [-0.4, -0.2) is 40.2 Å². The molecule has 2 atom stereocenters. The monoisotopic (exact) mass is 481 g/mol. The zero-order valence-electron chi connectivity index (χ0n) is 17.9. The summed E-state index contributed by atoms with van der Waals surface area (Å²) < 4.78 is 78.2. The SMILES string of the molecule is Cc1cc(S(=O)(=O)Nc2ccncn2)c(F)cc1O[C@H]1CC(F)(F)CC[C@@H]1c1ccnn1C. The number of hydrogen-bond donors (Lipinski definition) is 1. The summed E-state index contributed by atoms with van der Waals surface area (Å²) in [5, 5.41) is 4.11. The second-order valence-corrected chi connectivity index (χ2v) is 9.64. The quantitative estimate of drug-likeness (QED) is 0.575. The second kappa shape index (κ2) is 8.65. The lowest BCUT2D eigenvalue weighted by atomic mass is 9.82. The van der Waals surface area contributed by atoms with Gasteiger partial charge in [0.1, 0.15) is 34.7 Å². The standard InChI is InChI=1S/C21H22F3N5O3S/c1-13-9-19(33(30,31)28-20-5-7-25-12-26-20)15(22)10-17(13)32-18-11-21(23,24)6-3-14(18)16-4-8-27-29(16)2/h4-5,7-10,12,14,18H,3,6,11H2,1-2H3,(H,25,26,28)/t14-,18+/m1/s1. The first-order valence-electron chi connectivity index (χ1n) is 10.2. The van der Waals surface area contributed by atoms with Crippen LogP contribution < -0.4 is 9.46 Å². The molecule has 4 rings (SSSR count). The Balaban J connectivity index is 1.62. The average molecular weight is 482 g/mol. The molecule has 2 heterocycles. The van der Waals surface area contributed by atoms with Crippen LogP contribution in [0.3, 0.4) is 0 Å². The van der Waals surface area contributed by atoms with E-state index < -0.39 is 39.2 Å². The van der Waals surface area contributed by atoms with Crippen LogP contribution in [0.1, 0.15) is 36.4 Å². The Morgan fingerprint density at radius 2 is 2.03 bits per heavy atom. The number of alkyl halides is 2. The van der Waals surface area contributed by atoms with E-state index in [0.29, 0.717) is 0 Å². The van der Waals surface area contributed by atoms with Gasteiger partial charge < -0.3 is 4.74 Å². The van der Waals surface area contributed by atoms with Crippen molar-refractivity contribution in [1.29, 1.82) is 0 Å². The van der Waals surface area contributed by atoms with Gasteiger partial charge in [-0.1, -0.05) is 0 Å². The predicted octanol–water partition coefficient (Wildman–Crippen LogP) is 3.81. The fraction of sp³-hybridized carbons (Fsp3) is 0.381. The third-order valence-corrected chi connectivity index (χ3v) is 7.00. The van der Waals surface area contributed by atoms with Crippen molar-refractivity contribution >= 4 is 15.8 Å². The van der Waals surface area contributed by atoms with Gasteiger partial charge in [-0.2, -0.15) is 5.10 Å². The first kappa shape index (κ1) is 23.0. The number of rotatable bonds is 6. The smallest absolute Gasteiger partial charge is 0.265 e. The van der Waals surface area contributed by atoms with Crippen molar-refractivity contribution in [2.45, 2.75) is 49.0 Å². The number of sulfonamides is 1. The number of anilines is 1. The molecule has 0 amide bonds. The molecule has 0 saturated heterocycles. The Hall–Kier alpha value is -3.15. The third kappa shape index (κ3) is 4.95. The zero-order chi connectivity index (χ0) is 23.8. The lowest BCUT2D eigenvalue weighted by Crippen LogP contribution is -2.39. The summed E-state index contributed by atoms with van der Waals surface area (Å²) in [5.74, 6) is -4.38. The lowest BCUT2D eigenvalue weighted by molar-refractivity contribution is -0.0782. The van der Waals surface area contributed by atoms with Crippen molar-refractivity contribution in [1.82, 2.24) is 19.7 Å². The fourth-order valence-electron chi connectivity index (χ4n) is 3.98. The van der Waals surface area contributed by atoms with E-state index in [4.69, 9.17) is 4.74 Å². The molecule has 0 radical (unpaired) electrons. The molecule has 176 valence electrons. The molecule has 1 aliphatic carbocycles. The normalized spacial score (nSPS) is 20.4. The molecule has 2 aromatic heterocycles. The Kier molecular flexibility index (Phi) is 6.04. The van der Waals surface area contributed by atoms with Crippen LogP contribution in [-0.2, 0) is 17.1 Å². The lowest BCUT2D eigenvalue weighted by Gasteiger charge is -2.36. The molecule has 0 spiro atoms. The van der Waals surface area contributed by atoms with E-state index in [-0.39, 0.29) is 35.9 Å². The molecular formula is C21H22F3N5O3S. The minimum absolute atomic E-state index is 0.00311. The van der Waals surface area contributed by atoms with E-state index in [1.807, 2.05) is 0 Å². The largest absolute Gasteiger partial charge is 0.489 e. The van der Waals surface area contributed by atoms with Crippen molar-refractivity contribution in [3.63, 3.8) is 0 Å². The van der Waals surface area contributed by atoms with E-state index >= 15 is 0 Å². The fourth-order valence-corrected chi connectivity index (χ4v) is 5.13.